The molecule has 0 aliphatic carbocycles. The Kier molecular flexibility index (Phi) is 7.02. The minimum Gasteiger partial charge on any atom is -0.506 e. The minimum atomic E-state index is -3.02. The zero-order valence-electron chi connectivity index (χ0n) is 13.1. The summed E-state index contributed by atoms with van der Waals surface area (Å²) in [4.78, 5) is 0. The summed E-state index contributed by atoms with van der Waals surface area (Å²) in [5.41, 5.74) is 7.70. The number of hydrogen-bond acceptors (Lipinski definition) is 4. The first kappa shape index (κ1) is 17.8. The lowest BCUT2D eigenvalue weighted by Crippen LogP contribution is -2.13. The van der Waals surface area contributed by atoms with E-state index in [4.69, 9.17) is 5.73 Å². The van der Waals surface area contributed by atoms with Gasteiger partial charge in [-0.05, 0) is 43.0 Å². The molecule has 0 amide bonds. The third-order valence-corrected chi connectivity index (χ3v) is 5.46. The summed E-state index contributed by atoms with van der Waals surface area (Å²) in [6, 6.07) is 3.25. The molecule has 0 saturated heterocycles. The molecular weight excluding hydrogens is 286 g/mol. The van der Waals surface area contributed by atoms with Gasteiger partial charge in [0, 0.05) is 0 Å². The van der Waals surface area contributed by atoms with E-state index in [9.17, 15) is 13.5 Å². The van der Waals surface area contributed by atoms with E-state index in [0.29, 0.717) is 12.1 Å². The van der Waals surface area contributed by atoms with Gasteiger partial charge in [-0.2, -0.15) is 0 Å². The van der Waals surface area contributed by atoms with E-state index in [-0.39, 0.29) is 17.3 Å². The van der Waals surface area contributed by atoms with Crippen LogP contribution in [-0.2, 0) is 16.3 Å². The first-order valence-corrected chi connectivity index (χ1v) is 9.46. The average Bonchev–Trinajstić information content (AvgIpc) is 2.41. The number of unbranched alkanes of at least 4 members (excludes halogenated alkanes) is 4. The van der Waals surface area contributed by atoms with Crippen LogP contribution in [0.3, 0.4) is 0 Å². The van der Waals surface area contributed by atoms with Crippen LogP contribution in [0.15, 0.2) is 12.1 Å². The number of aryl methyl sites for hydroxylation is 2. The topological polar surface area (TPSA) is 80.4 Å². The molecule has 0 aliphatic heterocycles. The molecule has 0 saturated carbocycles. The number of sulfone groups is 1. The highest BCUT2D eigenvalue weighted by Crippen LogP contribution is 2.24. The molecule has 5 heteroatoms. The average molecular weight is 313 g/mol. The number of rotatable bonds is 9. The van der Waals surface area contributed by atoms with Gasteiger partial charge in [0.05, 0.1) is 17.2 Å². The van der Waals surface area contributed by atoms with E-state index in [1.807, 2.05) is 6.92 Å². The van der Waals surface area contributed by atoms with Crippen molar-refractivity contribution in [2.45, 2.75) is 52.4 Å². The summed E-state index contributed by atoms with van der Waals surface area (Å²) < 4.78 is 24.0. The van der Waals surface area contributed by atoms with Crippen molar-refractivity contribution in [3.05, 3.63) is 23.3 Å². The standard InChI is InChI=1S/C16H27NO3S/c1-3-4-5-6-7-9-21(19,20)10-8-14-12-16(18)15(17)11-13(14)2/h11-12,18H,3-10,17H2,1-2H3. The Morgan fingerprint density at radius 3 is 2.43 bits per heavy atom. The highest BCUT2D eigenvalue weighted by atomic mass is 32.2. The predicted molar refractivity (Wildman–Crippen MR) is 88.4 cm³/mol. The van der Waals surface area contributed by atoms with E-state index in [1.165, 1.54) is 6.42 Å². The molecule has 4 nitrogen and oxygen atoms in total. The lowest BCUT2D eigenvalue weighted by atomic mass is 10.1. The molecule has 0 spiro atoms. The number of nitrogen functional groups attached to an aromatic ring is 1. The summed E-state index contributed by atoms with van der Waals surface area (Å²) >= 11 is 0. The van der Waals surface area contributed by atoms with Crippen molar-refractivity contribution in [1.29, 1.82) is 0 Å². The van der Waals surface area contributed by atoms with Gasteiger partial charge < -0.3 is 10.8 Å². The van der Waals surface area contributed by atoms with Crippen molar-refractivity contribution < 1.29 is 13.5 Å². The second kappa shape index (κ2) is 8.27. The summed E-state index contributed by atoms with van der Waals surface area (Å²) in [6.45, 7) is 4.02. The zero-order valence-corrected chi connectivity index (χ0v) is 13.9. The molecular formula is C16H27NO3S. The third kappa shape index (κ3) is 6.38. The lowest BCUT2D eigenvalue weighted by Gasteiger charge is -2.09. The second-order valence-corrected chi connectivity index (χ2v) is 7.96. The number of hydrogen-bond donors (Lipinski definition) is 2. The summed E-state index contributed by atoms with van der Waals surface area (Å²) in [6.07, 6.45) is 5.59. The molecule has 0 aromatic heterocycles. The number of phenols is 1. The van der Waals surface area contributed by atoms with E-state index < -0.39 is 9.84 Å². The smallest absolute Gasteiger partial charge is 0.150 e. The van der Waals surface area contributed by atoms with Crippen LogP contribution >= 0.6 is 0 Å². The molecule has 0 unspecified atom stereocenters. The fraction of sp³-hybridized carbons (Fsp3) is 0.625. The second-order valence-electron chi connectivity index (χ2n) is 5.65. The molecule has 21 heavy (non-hydrogen) atoms. The van der Waals surface area contributed by atoms with Crippen LogP contribution in [0.5, 0.6) is 5.75 Å². The van der Waals surface area contributed by atoms with Crippen molar-refractivity contribution in [3.8, 4) is 5.75 Å². The molecule has 0 fully saturated rings. The summed E-state index contributed by atoms with van der Waals surface area (Å²) in [5, 5.41) is 9.60. The van der Waals surface area contributed by atoms with Crippen molar-refractivity contribution in [2.75, 3.05) is 17.2 Å². The van der Waals surface area contributed by atoms with Gasteiger partial charge in [-0.25, -0.2) is 8.42 Å². The van der Waals surface area contributed by atoms with Gasteiger partial charge >= 0.3 is 0 Å². The predicted octanol–water partition coefficient (Wildman–Crippen LogP) is 3.21. The Hall–Kier alpha value is -1.23. The fourth-order valence-electron chi connectivity index (χ4n) is 2.32. The molecule has 3 N–H and O–H groups in total. The van der Waals surface area contributed by atoms with Gasteiger partial charge in [0.25, 0.3) is 0 Å². The molecule has 120 valence electrons. The van der Waals surface area contributed by atoms with Crippen LogP contribution in [0.25, 0.3) is 0 Å². The Morgan fingerprint density at radius 2 is 1.76 bits per heavy atom. The number of anilines is 1. The molecule has 1 rings (SSSR count). The minimum absolute atomic E-state index is 0.0209. The quantitative estimate of drug-likeness (QED) is 0.417. The van der Waals surface area contributed by atoms with Crippen LogP contribution in [0.2, 0.25) is 0 Å². The summed E-state index contributed by atoms with van der Waals surface area (Å²) in [5.74, 6) is 0.411. The van der Waals surface area contributed by atoms with Crippen molar-refractivity contribution in [2.24, 2.45) is 0 Å². The lowest BCUT2D eigenvalue weighted by molar-refractivity contribution is 0.477. The van der Waals surface area contributed by atoms with Gasteiger partial charge in [0.2, 0.25) is 0 Å². The van der Waals surface area contributed by atoms with Gasteiger partial charge in [-0.15, -0.1) is 0 Å². The normalized spacial score (nSPS) is 11.7. The largest absolute Gasteiger partial charge is 0.506 e. The van der Waals surface area contributed by atoms with Gasteiger partial charge in [-0.1, -0.05) is 32.6 Å². The Bertz CT molecular complexity index is 553. The summed E-state index contributed by atoms with van der Waals surface area (Å²) in [7, 11) is -3.02. The molecule has 0 aliphatic rings. The zero-order chi connectivity index (χ0) is 15.9. The maximum absolute atomic E-state index is 12.0. The third-order valence-electron chi connectivity index (χ3n) is 3.73. The monoisotopic (exact) mass is 313 g/mol. The molecule has 1 aromatic rings. The molecule has 1 aromatic carbocycles. The number of nitrogens with two attached hydrogens (primary N) is 1. The van der Waals surface area contributed by atoms with Crippen LogP contribution in [0.4, 0.5) is 5.69 Å². The Labute approximate surface area is 128 Å². The van der Waals surface area contributed by atoms with Gasteiger partial charge in [-0.3, -0.25) is 0 Å². The molecule has 0 radical (unpaired) electrons. The van der Waals surface area contributed by atoms with E-state index in [0.717, 1.165) is 36.8 Å². The van der Waals surface area contributed by atoms with Gasteiger partial charge in [0.1, 0.15) is 5.75 Å². The highest BCUT2D eigenvalue weighted by molar-refractivity contribution is 7.91. The van der Waals surface area contributed by atoms with E-state index in [1.54, 1.807) is 12.1 Å². The number of aromatic hydroxyl groups is 1. The molecule has 0 atom stereocenters. The first-order valence-electron chi connectivity index (χ1n) is 7.64. The van der Waals surface area contributed by atoms with Gasteiger partial charge in [0.15, 0.2) is 9.84 Å². The molecule has 0 heterocycles. The highest BCUT2D eigenvalue weighted by Gasteiger charge is 2.12. The number of benzene rings is 1. The van der Waals surface area contributed by atoms with Crippen LogP contribution < -0.4 is 5.73 Å². The van der Waals surface area contributed by atoms with Crippen molar-refractivity contribution in [3.63, 3.8) is 0 Å². The Morgan fingerprint density at radius 1 is 1.10 bits per heavy atom. The van der Waals surface area contributed by atoms with Crippen LogP contribution in [0, 0.1) is 6.92 Å². The number of phenolic OH excluding ortho intramolecular Hbond substituents is 1. The van der Waals surface area contributed by atoms with Crippen molar-refractivity contribution in [1.82, 2.24) is 0 Å². The van der Waals surface area contributed by atoms with Crippen LogP contribution in [0.1, 0.15) is 50.2 Å². The SMILES string of the molecule is CCCCCCCS(=O)(=O)CCc1cc(O)c(N)cc1C. The Balaban J connectivity index is 2.48. The fourth-order valence-corrected chi connectivity index (χ4v) is 3.70. The van der Waals surface area contributed by atoms with Crippen molar-refractivity contribution >= 4 is 15.5 Å². The first-order chi connectivity index (χ1) is 9.85. The maximum Gasteiger partial charge on any atom is 0.150 e. The van der Waals surface area contributed by atoms with Crippen LogP contribution in [-0.4, -0.2) is 25.0 Å². The maximum atomic E-state index is 12.0. The van der Waals surface area contributed by atoms with E-state index >= 15 is 0 Å². The molecule has 0 bridgehead atoms. The van der Waals surface area contributed by atoms with E-state index in [2.05, 4.69) is 6.92 Å².